The summed E-state index contributed by atoms with van der Waals surface area (Å²) >= 11 is 0. The molecular formula is C39H41F6N3O5. The molecule has 6 rings (SSSR count). The summed E-state index contributed by atoms with van der Waals surface area (Å²) in [6.07, 6.45) is -4.11. The van der Waals surface area contributed by atoms with E-state index in [2.05, 4.69) is 17.2 Å². The van der Waals surface area contributed by atoms with E-state index in [4.69, 9.17) is 4.74 Å². The Morgan fingerprint density at radius 1 is 1.04 bits per heavy atom. The second kappa shape index (κ2) is 15.8. The third-order valence-corrected chi connectivity index (χ3v) is 9.64. The number of fused-ring (bicyclic) bond motifs is 2. The van der Waals surface area contributed by atoms with Gasteiger partial charge in [-0.3, -0.25) is 19.3 Å². The summed E-state index contributed by atoms with van der Waals surface area (Å²) in [6.45, 7) is 9.25. The van der Waals surface area contributed by atoms with Gasteiger partial charge in [0.05, 0.1) is 30.2 Å². The Bertz CT molecular complexity index is 1990. The fraction of sp³-hybridized carbons (Fsp3) is 0.462. The van der Waals surface area contributed by atoms with E-state index in [1.54, 1.807) is 13.8 Å². The van der Waals surface area contributed by atoms with Crippen LogP contribution in [0.2, 0.25) is 0 Å². The molecule has 2 N–H and O–H groups in total. The molecule has 2 bridgehead atoms. The number of halogens is 6. The van der Waals surface area contributed by atoms with Crippen LogP contribution in [0.5, 0.6) is 0 Å². The van der Waals surface area contributed by atoms with E-state index >= 15 is 8.78 Å². The number of amides is 1. The summed E-state index contributed by atoms with van der Waals surface area (Å²) in [5.41, 5.74) is -2.85. The highest BCUT2D eigenvalue weighted by Gasteiger charge is 2.40. The number of carbonyl (C=O) groups is 2. The van der Waals surface area contributed by atoms with Crippen LogP contribution in [-0.4, -0.2) is 58.3 Å². The van der Waals surface area contributed by atoms with Crippen molar-refractivity contribution in [1.29, 1.82) is 0 Å². The molecule has 284 valence electrons. The van der Waals surface area contributed by atoms with Crippen LogP contribution in [0.15, 0.2) is 35.3 Å². The molecule has 4 heterocycles. The molecule has 0 radical (unpaired) electrons. The Morgan fingerprint density at radius 2 is 1.66 bits per heavy atom. The van der Waals surface area contributed by atoms with Crippen molar-refractivity contribution >= 4 is 11.9 Å². The molecule has 3 aromatic rings. The highest BCUT2D eigenvalue weighted by atomic mass is 19.4. The van der Waals surface area contributed by atoms with Gasteiger partial charge in [0, 0.05) is 55.0 Å². The maximum atomic E-state index is 16.8. The number of aliphatic carboxylic acids is 1. The lowest BCUT2D eigenvalue weighted by Crippen LogP contribution is -2.57. The first-order valence-corrected chi connectivity index (χ1v) is 17.3. The molecule has 0 aliphatic carbocycles. The minimum atomic E-state index is -4.87. The van der Waals surface area contributed by atoms with Crippen LogP contribution < -0.4 is 10.9 Å². The van der Waals surface area contributed by atoms with Gasteiger partial charge in [-0.15, -0.1) is 5.92 Å². The highest BCUT2D eigenvalue weighted by molar-refractivity contribution is 5.83. The van der Waals surface area contributed by atoms with Crippen LogP contribution in [0.3, 0.4) is 0 Å². The van der Waals surface area contributed by atoms with E-state index in [0.29, 0.717) is 19.2 Å². The first kappa shape index (κ1) is 39.6. The highest BCUT2D eigenvalue weighted by Crippen LogP contribution is 2.39. The SMILES string of the molecule is CC#Cc1cc(F)c([C@@H](CC(=O)O)NC(=O)[C@H](CC(C)C)n2cc(CCN3CC4CC(C3)O4)c(C(F)(F)F)cc2=O)c(F)c1-c1c(C)cc(F)cc1C. The van der Waals surface area contributed by atoms with Gasteiger partial charge in [0.15, 0.2) is 0 Å². The van der Waals surface area contributed by atoms with Crippen LogP contribution in [0, 0.1) is 49.1 Å². The van der Waals surface area contributed by atoms with Crippen LogP contribution >= 0.6 is 0 Å². The van der Waals surface area contributed by atoms with Gasteiger partial charge in [0.1, 0.15) is 23.5 Å². The van der Waals surface area contributed by atoms with Gasteiger partial charge < -0.3 is 19.7 Å². The number of carboxylic acids is 1. The van der Waals surface area contributed by atoms with E-state index in [-0.39, 0.29) is 70.9 Å². The molecule has 53 heavy (non-hydrogen) atoms. The second-order valence-electron chi connectivity index (χ2n) is 14.2. The summed E-state index contributed by atoms with van der Waals surface area (Å²) in [5.74, 6) is -0.690. The number of hydrogen-bond acceptors (Lipinski definition) is 5. The number of alkyl halides is 3. The monoisotopic (exact) mass is 745 g/mol. The van der Waals surface area contributed by atoms with Crippen LogP contribution in [0.1, 0.15) is 85.5 Å². The predicted octanol–water partition coefficient (Wildman–Crippen LogP) is 6.87. The molecule has 3 aliphatic rings. The Hall–Kier alpha value is -4.61. The summed E-state index contributed by atoms with van der Waals surface area (Å²) in [6, 6.07) is 0.335. The second-order valence-corrected chi connectivity index (χ2v) is 14.2. The Labute approximate surface area is 303 Å². The number of aryl methyl sites for hydroxylation is 2. The zero-order valence-electron chi connectivity index (χ0n) is 30.0. The smallest absolute Gasteiger partial charge is 0.416 e. The van der Waals surface area contributed by atoms with E-state index in [1.165, 1.54) is 20.8 Å². The van der Waals surface area contributed by atoms with Crippen molar-refractivity contribution in [3.8, 4) is 23.0 Å². The Morgan fingerprint density at radius 3 is 2.21 bits per heavy atom. The summed E-state index contributed by atoms with van der Waals surface area (Å²) < 4.78 is 96.0. The van der Waals surface area contributed by atoms with E-state index < -0.39 is 70.7 Å². The molecule has 2 unspecified atom stereocenters. The number of benzene rings is 2. The molecule has 1 amide bonds. The van der Waals surface area contributed by atoms with Gasteiger partial charge >= 0.3 is 12.1 Å². The Kier molecular flexibility index (Phi) is 11.8. The van der Waals surface area contributed by atoms with Crippen LogP contribution in [0.25, 0.3) is 11.1 Å². The fourth-order valence-corrected chi connectivity index (χ4v) is 7.40. The van der Waals surface area contributed by atoms with Crippen molar-refractivity contribution < 1.29 is 45.8 Å². The van der Waals surface area contributed by atoms with E-state index in [1.807, 2.05) is 4.90 Å². The molecule has 0 spiro atoms. The number of carbonyl (C=O) groups excluding carboxylic acids is 1. The minimum Gasteiger partial charge on any atom is -0.481 e. The van der Waals surface area contributed by atoms with Gasteiger partial charge in [-0.1, -0.05) is 19.8 Å². The van der Waals surface area contributed by atoms with Crippen molar-refractivity contribution in [2.45, 2.75) is 90.8 Å². The number of hydrogen-bond donors (Lipinski definition) is 2. The van der Waals surface area contributed by atoms with Gasteiger partial charge in [0.25, 0.3) is 5.56 Å². The van der Waals surface area contributed by atoms with Crippen molar-refractivity contribution in [3.05, 3.63) is 91.6 Å². The van der Waals surface area contributed by atoms with Crippen molar-refractivity contribution in [2.24, 2.45) is 5.92 Å². The molecule has 4 atom stereocenters. The predicted molar refractivity (Wildman–Crippen MR) is 185 cm³/mol. The molecule has 1 aromatic heterocycles. The van der Waals surface area contributed by atoms with Crippen LogP contribution in [-0.2, 0) is 26.9 Å². The number of pyridine rings is 1. The largest absolute Gasteiger partial charge is 0.481 e. The number of nitrogens with one attached hydrogen (secondary N) is 1. The molecule has 3 fully saturated rings. The maximum absolute atomic E-state index is 16.8. The first-order chi connectivity index (χ1) is 24.9. The fourth-order valence-electron chi connectivity index (χ4n) is 7.40. The molecule has 3 saturated heterocycles. The van der Waals surface area contributed by atoms with Gasteiger partial charge in [-0.05, 0) is 80.0 Å². The average Bonchev–Trinajstić information content (AvgIpc) is 3.03. The summed E-state index contributed by atoms with van der Waals surface area (Å²) in [7, 11) is 0. The number of morpholine rings is 1. The molecule has 3 aliphatic heterocycles. The Balaban J connectivity index is 1.57. The molecule has 0 saturated carbocycles. The normalized spacial score (nSPS) is 18.2. The lowest BCUT2D eigenvalue weighted by Gasteiger charge is -2.47. The number of piperidine rings is 1. The number of nitrogens with zero attached hydrogens (tertiary/aromatic N) is 2. The van der Waals surface area contributed by atoms with Gasteiger partial charge in [-0.2, -0.15) is 13.2 Å². The lowest BCUT2D eigenvalue weighted by atomic mass is 9.88. The van der Waals surface area contributed by atoms with E-state index in [0.717, 1.165) is 35.4 Å². The zero-order valence-corrected chi connectivity index (χ0v) is 30.0. The third kappa shape index (κ3) is 8.79. The van der Waals surface area contributed by atoms with Crippen LogP contribution in [0.4, 0.5) is 26.3 Å². The lowest BCUT2D eigenvalue weighted by molar-refractivity contribution is -0.180. The first-order valence-electron chi connectivity index (χ1n) is 17.3. The number of rotatable bonds is 12. The van der Waals surface area contributed by atoms with Crippen molar-refractivity contribution in [3.63, 3.8) is 0 Å². The summed E-state index contributed by atoms with van der Waals surface area (Å²) in [4.78, 5) is 41.5. The van der Waals surface area contributed by atoms with E-state index in [9.17, 15) is 37.1 Å². The minimum absolute atomic E-state index is 0.0212. The van der Waals surface area contributed by atoms with Crippen molar-refractivity contribution in [2.75, 3.05) is 19.6 Å². The topological polar surface area (TPSA) is 101 Å². The summed E-state index contributed by atoms with van der Waals surface area (Å²) in [5, 5.41) is 12.2. The molecular weight excluding hydrogens is 704 g/mol. The zero-order chi connectivity index (χ0) is 38.9. The molecule has 2 aromatic carbocycles. The average molecular weight is 746 g/mol. The number of ether oxygens (including phenoxy) is 1. The molecule has 14 heteroatoms. The third-order valence-electron chi connectivity index (χ3n) is 9.64. The molecule has 8 nitrogen and oxygen atoms in total. The van der Waals surface area contributed by atoms with Gasteiger partial charge in [0.2, 0.25) is 5.91 Å². The number of carboxylic acid groups (broad SMARTS) is 1. The quantitative estimate of drug-likeness (QED) is 0.155. The van der Waals surface area contributed by atoms with Crippen molar-refractivity contribution in [1.82, 2.24) is 14.8 Å². The van der Waals surface area contributed by atoms with Gasteiger partial charge in [-0.25, -0.2) is 13.2 Å². The standard InChI is InChI=1S/C39H41F6N3O5/c1-6-7-23-13-29(41)36(37(42)35(23)34-21(4)11-25(40)12-22(34)5)30(16-33(50)51)46-38(52)31(10-20(2)3)48-17-24(28(15-32(48)49)39(43,44)45)8-9-47-18-26-14-27(19-47)53-26/h11-13,15,17,20,26-27,30-31H,8-10,14,16,18-19H2,1-5H3,(H,46,52)(H,50,51)/t26?,27?,30-,31+/m1/s1. The maximum Gasteiger partial charge on any atom is 0.416 e. The number of aromatic nitrogens is 1.